The Balaban J connectivity index is 2.35. The van der Waals surface area contributed by atoms with Gasteiger partial charge in [-0.25, -0.2) is 0 Å². The highest BCUT2D eigenvalue weighted by Crippen LogP contribution is 2.27. The van der Waals surface area contributed by atoms with Crippen LogP contribution in [0.5, 0.6) is 0 Å². The number of ether oxygens (including phenoxy) is 2. The van der Waals surface area contributed by atoms with Crippen LogP contribution in [-0.4, -0.2) is 12.7 Å². The third-order valence-electron chi connectivity index (χ3n) is 3.89. The molecule has 128 valence electrons. The van der Waals surface area contributed by atoms with Gasteiger partial charge in [-0.05, 0) is 31.4 Å². The summed E-state index contributed by atoms with van der Waals surface area (Å²) in [4.78, 5) is 0. The summed E-state index contributed by atoms with van der Waals surface area (Å²) in [6.07, 6.45) is 4.12. The van der Waals surface area contributed by atoms with Crippen molar-refractivity contribution in [3.8, 4) is 0 Å². The monoisotopic (exact) mass is 324 g/mol. The number of hydrogen-bond acceptors (Lipinski definition) is 2. The Labute approximate surface area is 146 Å². The summed E-state index contributed by atoms with van der Waals surface area (Å²) < 4.78 is 12.3. The molecule has 2 aromatic rings. The van der Waals surface area contributed by atoms with Crippen molar-refractivity contribution in [3.05, 3.63) is 77.9 Å². The summed E-state index contributed by atoms with van der Waals surface area (Å²) in [6, 6.07) is 20.6. The van der Waals surface area contributed by atoms with Crippen molar-refractivity contribution in [2.45, 2.75) is 45.8 Å². The van der Waals surface area contributed by atoms with E-state index in [0.29, 0.717) is 0 Å². The summed E-state index contributed by atoms with van der Waals surface area (Å²) >= 11 is 0. The Morgan fingerprint density at radius 1 is 0.958 bits per heavy atom. The second-order valence-electron chi connectivity index (χ2n) is 5.94. The molecule has 24 heavy (non-hydrogen) atoms. The molecule has 0 aliphatic heterocycles. The summed E-state index contributed by atoms with van der Waals surface area (Å²) in [5.41, 5.74) is 2.23. The Hall–Kier alpha value is -2.06. The van der Waals surface area contributed by atoms with Crippen LogP contribution < -0.4 is 0 Å². The van der Waals surface area contributed by atoms with Gasteiger partial charge in [-0.3, -0.25) is 0 Å². The van der Waals surface area contributed by atoms with Crippen molar-refractivity contribution in [1.29, 1.82) is 0 Å². The van der Waals surface area contributed by atoms with Crippen LogP contribution in [0.2, 0.25) is 0 Å². The third-order valence-corrected chi connectivity index (χ3v) is 3.89. The van der Waals surface area contributed by atoms with Crippen LogP contribution in [0.25, 0.3) is 5.76 Å². The topological polar surface area (TPSA) is 18.5 Å². The predicted octanol–water partition coefficient (Wildman–Crippen LogP) is 6.01. The van der Waals surface area contributed by atoms with Gasteiger partial charge in [0.25, 0.3) is 0 Å². The van der Waals surface area contributed by atoms with Gasteiger partial charge >= 0.3 is 0 Å². The molecule has 0 fully saturated rings. The van der Waals surface area contributed by atoms with Gasteiger partial charge < -0.3 is 9.47 Å². The van der Waals surface area contributed by atoms with E-state index in [1.54, 1.807) is 0 Å². The second-order valence-corrected chi connectivity index (χ2v) is 5.94. The summed E-state index contributed by atoms with van der Waals surface area (Å²) in [6.45, 7) is 7.08. The maximum atomic E-state index is 6.20. The molecular weight excluding hydrogens is 296 g/mol. The van der Waals surface area contributed by atoms with Gasteiger partial charge in [-0.15, -0.1) is 0 Å². The van der Waals surface area contributed by atoms with Crippen molar-refractivity contribution >= 4 is 5.76 Å². The quantitative estimate of drug-likeness (QED) is 0.526. The maximum Gasteiger partial charge on any atom is 0.125 e. The normalized spacial score (nSPS) is 14.2. The molecule has 0 saturated heterocycles. The molecule has 0 aromatic heterocycles. The van der Waals surface area contributed by atoms with Crippen LogP contribution in [0.4, 0.5) is 0 Å². The van der Waals surface area contributed by atoms with Crippen molar-refractivity contribution in [2.75, 3.05) is 6.61 Å². The van der Waals surface area contributed by atoms with Crippen LogP contribution in [0.3, 0.4) is 0 Å². The van der Waals surface area contributed by atoms with Gasteiger partial charge in [0.05, 0.1) is 6.10 Å². The Morgan fingerprint density at radius 2 is 1.58 bits per heavy atom. The van der Waals surface area contributed by atoms with E-state index in [1.807, 2.05) is 36.4 Å². The second kappa shape index (κ2) is 9.94. The lowest BCUT2D eigenvalue weighted by molar-refractivity contribution is 0.0830. The van der Waals surface area contributed by atoms with Gasteiger partial charge in [-0.1, -0.05) is 74.5 Å². The molecule has 2 atom stereocenters. The van der Waals surface area contributed by atoms with E-state index in [1.165, 1.54) is 0 Å². The van der Waals surface area contributed by atoms with E-state index in [2.05, 4.69) is 51.1 Å². The van der Waals surface area contributed by atoms with E-state index < -0.39 is 0 Å². The van der Waals surface area contributed by atoms with Crippen molar-refractivity contribution in [2.24, 2.45) is 0 Å². The zero-order valence-electron chi connectivity index (χ0n) is 14.9. The van der Waals surface area contributed by atoms with Crippen LogP contribution in [0.1, 0.15) is 50.8 Å². The van der Waals surface area contributed by atoms with E-state index >= 15 is 0 Å². The van der Waals surface area contributed by atoms with Crippen molar-refractivity contribution in [1.82, 2.24) is 0 Å². The number of hydrogen-bond donors (Lipinski definition) is 0. The molecule has 0 spiro atoms. The lowest BCUT2D eigenvalue weighted by Crippen LogP contribution is -2.09. The van der Waals surface area contributed by atoms with E-state index in [9.17, 15) is 0 Å². The Kier molecular flexibility index (Phi) is 7.57. The fourth-order valence-corrected chi connectivity index (χ4v) is 2.37. The minimum Gasteiger partial charge on any atom is -0.490 e. The fourth-order valence-electron chi connectivity index (χ4n) is 2.37. The highest BCUT2D eigenvalue weighted by atomic mass is 16.5. The SMILES string of the molecule is CCCOC(/C=C(\OC(C)CC)c1ccccc1)c1ccccc1. The van der Waals surface area contributed by atoms with E-state index in [0.717, 1.165) is 36.3 Å². The van der Waals surface area contributed by atoms with Crippen molar-refractivity contribution in [3.63, 3.8) is 0 Å². The zero-order valence-corrected chi connectivity index (χ0v) is 14.9. The molecule has 0 amide bonds. The largest absolute Gasteiger partial charge is 0.490 e. The predicted molar refractivity (Wildman–Crippen MR) is 101 cm³/mol. The molecule has 0 N–H and O–H groups in total. The molecular formula is C22H28O2. The standard InChI is InChI=1S/C22H28O2/c1-4-16-23-21(19-12-8-6-9-13-19)17-22(24-18(3)5-2)20-14-10-7-11-15-20/h6-15,17-18,21H,4-5,16H2,1-3H3/b22-17-. The lowest BCUT2D eigenvalue weighted by atomic mass is 10.1. The van der Waals surface area contributed by atoms with Gasteiger partial charge in [0.15, 0.2) is 0 Å². The van der Waals surface area contributed by atoms with Gasteiger partial charge in [-0.2, -0.15) is 0 Å². The van der Waals surface area contributed by atoms with Crippen LogP contribution >= 0.6 is 0 Å². The first kappa shape index (κ1) is 18.3. The molecule has 2 rings (SSSR count). The molecule has 0 bridgehead atoms. The lowest BCUT2D eigenvalue weighted by Gasteiger charge is -2.20. The van der Waals surface area contributed by atoms with E-state index in [4.69, 9.17) is 9.47 Å². The maximum absolute atomic E-state index is 6.20. The minimum absolute atomic E-state index is 0.106. The van der Waals surface area contributed by atoms with Crippen LogP contribution in [-0.2, 0) is 9.47 Å². The average Bonchev–Trinajstić information content (AvgIpc) is 2.65. The molecule has 2 unspecified atom stereocenters. The number of benzene rings is 2. The summed E-state index contributed by atoms with van der Waals surface area (Å²) in [7, 11) is 0. The average molecular weight is 324 g/mol. The Morgan fingerprint density at radius 3 is 2.17 bits per heavy atom. The first-order valence-corrected chi connectivity index (χ1v) is 8.85. The van der Waals surface area contributed by atoms with Crippen LogP contribution in [0.15, 0.2) is 66.7 Å². The van der Waals surface area contributed by atoms with Gasteiger partial charge in [0, 0.05) is 12.2 Å². The van der Waals surface area contributed by atoms with Gasteiger partial charge in [0.2, 0.25) is 0 Å². The minimum atomic E-state index is -0.106. The molecule has 2 nitrogen and oxygen atoms in total. The van der Waals surface area contributed by atoms with Gasteiger partial charge in [0.1, 0.15) is 11.9 Å². The highest BCUT2D eigenvalue weighted by Gasteiger charge is 2.14. The molecule has 2 aromatic carbocycles. The fraction of sp³-hybridized carbons (Fsp3) is 0.364. The first-order valence-electron chi connectivity index (χ1n) is 8.85. The zero-order chi connectivity index (χ0) is 17.2. The summed E-state index contributed by atoms with van der Waals surface area (Å²) in [5, 5.41) is 0. The molecule has 0 heterocycles. The van der Waals surface area contributed by atoms with E-state index in [-0.39, 0.29) is 12.2 Å². The third kappa shape index (κ3) is 5.54. The molecule has 2 heteroatoms. The molecule has 0 aliphatic rings. The highest BCUT2D eigenvalue weighted by molar-refractivity contribution is 5.60. The molecule has 0 radical (unpaired) electrons. The number of rotatable bonds is 9. The van der Waals surface area contributed by atoms with Crippen molar-refractivity contribution < 1.29 is 9.47 Å². The summed E-state index contributed by atoms with van der Waals surface area (Å²) in [5.74, 6) is 0.884. The molecule has 0 saturated carbocycles. The van der Waals surface area contributed by atoms with Crippen LogP contribution in [0, 0.1) is 0 Å². The smallest absolute Gasteiger partial charge is 0.125 e. The Bertz CT molecular complexity index is 604. The molecule has 0 aliphatic carbocycles. The first-order chi connectivity index (χ1) is 11.7.